The molecule has 6 nitrogen and oxygen atoms in total. The van der Waals surface area contributed by atoms with Crippen LogP contribution >= 0.6 is 0 Å². The molecule has 0 radical (unpaired) electrons. The van der Waals surface area contributed by atoms with Crippen LogP contribution in [-0.4, -0.2) is 29.5 Å². The summed E-state index contributed by atoms with van der Waals surface area (Å²) in [5, 5.41) is 7.79. The lowest BCUT2D eigenvalue weighted by molar-refractivity contribution is 1.10. The van der Waals surface area contributed by atoms with E-state index in [1.54, 1.807) is 12.4 Å². The molecule has 6 heteroatoms. The highest BCUT2D eigenvalue weighted by molar-refractivity contribution is 5.77. The van der Waals surface area contributed by atoms with Gasteiger partial charge in [0.25, 0.3) is 0 Å². The molecule has 4 aromatic heterocycles. The zero-order valence-electron chi connectivity index (χ0n) is 9.28. The summed E-state index contributed by atoms with van der Waals surface area (Å²) in [5.74, 6) is 0.666. The van der Waals surface area contributed by atoms with E-state index >= 15 is 0 Å². The Balaban J connectivity index is 1.94. The molecule has 0 fully saturated rings. The maximum atomic E-state index is 4.48. The molecule has 4 rings (SSSR count). The highest BCUT2D eigenvalue weighted by atomic mass is 15.1. The normalized spacial score (nSPS) is 11.3. The predicted molar refractivity (Wildman–Crippen MR) is 65.9 cm³/mol. The second kappa shape index (κ2) is 3.36. The Kier molecular flexibility index (Phi) is 1.74. The van der Waals surface area contributed by atoms with Gasteiger partial charge < -0.3 is 0 Å². The first-order chi connectivity index (χ1) is 8.90. The van der Waals surface area contributed by atoms with Crippen LogP contribution < -0.4 is 0 Å². The van der Waals surface area contributed by atoms with Crippen molar-refractivity contribution in [3.8, 4) is 11.4 Å². The van der Waals surface area contributed by atoms with Gasteiger partial charge in [-0.3, -0.25) is 9.50 Å². The average molecular weight is 236 g/mol. The van der Waals surface area contributed by atoms with Crippen LogP contribution in [0.3, 0.4) is 0 Å². The second-order valence-electron chi connectivity index (χ2n) is 3.96. The number of hydrogen-bond donors (Lipinski definition) is 1. The minimum Gasteiger partial charge on any atom is -0.290 e. The molecule has 0 aliphatic heterocycles. The Morgan fingerprint density at radius 2 is 2.11 bits per heavy atom. The number of H-pyrrole nitrogens is 1. The molecule has 0 bridgehead atoms. The van der Waals surface area contributed by atoms with E-state index in [1.165, 1.54) is 0 Å². The zero-order chi connectivity index (χ0) is 11.9. The van der Waals surface area contributed by atoms with E-state index in [-0.39, 0.29) is 0 Å². The molecule has 0 aliphatic rings. The number of nitrogens with one attached hydrogen (secondary N) is 1. The number of fused-ring (bicyclic) bond motifs is 2. The first-order valence-corrected chi connectivity index (χ1v) is 5.50. The smallest absolute Gasteiger partial charge is 0.234 e. The maximum Gasteiger partial charge on any atom is 0.234 e. The van der Waals surface area contributed by atoms with Crippen molar-refractivity contribution in [3.05, 3.63) is 43.0 Å². The van der Waals surface area contributed by atoms with Crippen LogP contribution in [0.1, 0.15) is 0 Å². The van der Waals surface area contributed by atoms with E-state index in [4.69, 9.17) is 0 Å². The predicted octanol–water partition coefficient (Wildman–Crippen LogP) is 1.67. The van der Waals surface area contributed by atoms with Gasteiger partial charge in [-0.25, -0.2) is 15.0 Å². The van der Waals surface area contributed by atoms with Gasteiger partial charge in [-0.1, -0.05) is 0 Å². The van der Waals surface area contributed by atoms with Gasteiger partial charge in [-0.15, -0.1) is 0 Å². The molecule has 4 aromatic rings. The second-order valence-corrected chi connectivity index (χ2v) is 3.96. The van der Waals surface area contributed by atoms with E-state index in [0.29, 0.717) is 5.78 Å². The number of imidazole rings is 1. The van der Waals surface area contributed by atoms with Gasteiger partial charge >= 0.3 is 0 Å². The summed E-state index contributed by atoms with van der Waals surface area (Å²) >= 11 is 0. The van der Waals surface area contributed by atoms with Gasteiger partial charge in [0, 0.05) is 24.0 Å². The fraction of sp³-hybridized carbons (Fsp3) is 0. The van der Waals surface area contributed by atoms with Crippen LogP contribution in [0.2, 0.25) is 0 Å². The Labute approximate surface area is 101 Å². The van der Waals surface area contributed by atoms with Gasteiger partial charge in [-0.2, -0.15) is 5.10 Å². The van der Waals surface area contributed by atoms with Crippen LogP contribution in [-0.2, 0) is 0 Å². The van der Waals surface area contributed by atoms with Gasteiger partial charge in [0.05, 0.1) is 11.9 Å². The first kappa shape index (κ1) is 9.29. The first-order valence-electron chi connectivity index (χ1n) is 5.50. The van der Waals surface area contributed by atoms with Crippen molar-refractivity contribution >= 4 is 16.8 Å². The fourth-order valence-corrected chi connectivity index (χ4v) is 1.92. The molecule has 86 valence electrons. The largest absolute Gasteiger partial charge is 0.290 e. The average Bonchev–Trinajstić information content (AvgIpc) is 3.04. The summed E-state index contributed by atoms with van der Waals surface area (Å²) in [6, 6.07) is 5.77. The molecule has 18 heavy (non-hydrogen) atoms. The van der Waals surface area contributed by atoms with Gasteiger partial charge in [-0.05, 0) is 18.2 Å². The van der Waals surface area contributed by atoms with Crippen molar-refractivity contribution in [1.29, 1.82) is 0 Å². The van der Waals surface area contributed by atoms with Gasteiger partial charge in [0.1, 0.15) is 5.69 Å². The van der Waals surface area contributed by atoms with Crippen molar-refractivity contribution < 1.29 is 0 Å². The number of nitrogens with zero attached hydrogens (tertiary/aromatic N) is 5. The van der Waals surface area contributed by atoms with Crippen molar-refractivity contribution in [2.45, 2.75) is 0 Å². The van der Waals surface area contributed by atoms with Crippen molar-refractivity contribution in [1.82, 2.24) is 29.5 Å². The number of aromatic nitrogens is 6. The molecule has 0 aromatic carbocycles. The number of pyridine rings is 1. The highest BCUT2D eigenvalue weighted by Gasteiger charge is 2.07. The van der Waals surface area contributed by atoms with E-state index in [0.717, 1.165) is 22.4 Å². The van der Waals surface area contributed by atoms with E-state index < -0.39 is 0 Å². The molecule has 0 saturated carbocycles. The number of aromatic amines is 1. The monoisotopic (exact) mass is 236 g/mol. The number of hydrogen-bond acceptors (Lipinski definition) is 4. The summed E-state index contributed by atoms with van der Waals surface area (Å²) < 4.78 is 1.87. The molecule has 0 atom stereocenters. The summed E-state index contributed by atoms with van der Waals surface area (Å²) in [6.07, 6.45) is 7.29. The lowest BCUT2D eigenvalue weighted by atomic mass is 10.2. The van der Waals surface area contributed by atoms with E-state index in [9.17, 15) is 0 Å². The number of rotatable bonds is 1. The molecule has 4 heterocycles. The van der Waals surface area contributed by atoms with Crippen molar-refractivity contribution in [2.75, 3.05) is 0 Å². The molecule has 0 spiro atoms. The third-order valence-corrected chi connectivity index (χ3v) is 2.80. The third-order valence-electron chi connectivity index (χ3n) is 2.80. The zero-order valence-corrected chi connectivity index (χ0v) is 9.28. The van der Waals surface area contributed by atoms with Gasteiger partial charge in [0.2, 0.25) is 5.78 Å². The Morgan fingerprint density at radius 3 is 3.06 bits per heavy atom. The van der Waals surface area contributed by atoms with Crippen LogP contribution in [0.15, 0.2) is 43.0 Å². The fourth-order valence-electron chi connectivity index (χ4n) is 1.92. The Hall–Kier alpha value is -2.76. The lowest BCUT2D eigenvalue weighted by Crippen LogP contribution is -1.84. The molecule has 0 amide bonds. The topological polar surface area (TPSA) is 71.8 Å². The molecule has 0 unspecified atom stereocenters. The van der Waals surface area contributed by atoms with Crippen molar-refractivity contribution in [3.63, 3.8) is 0 Å². The molecule has 0 saturated heterocycles. The van der Waals surface area contributed by atoms with Gasteiger partial charge in [0.15, 0.2) is 5.65 Å². The minimum atomic E-state index is 0.666. The SMILES string of the molecule is c1cnc2nc(-c3ccc4cn[nH]c4n3)cn2c1. The Bertz CT molecular complexity index is 811. The Morgan fingerprint density at radius 1 is 1.11 bits per heavy atom. The van der Waals surface area contributed by atoms with Crippen molar-refractivity contribution in [2.24, 2.45) is 0 Å². The summed E-state index contributed by atoms with van der Waals surface area (Å²) in [6.45, 7) is 0. The van der Waals surface area contributed by atoms with E-state index in [2.05, 4.69) is 25.1 Å². The summed E-state index contributed by atoms with van der Waals surface area (Å²) in [7, 11) is 0. The minimum absolute atomic E-state index is 0.666. The van der Waals surface area contributed by atoms with Crippen LogP contribution in [0.5, 0.6) is 0 Å². The quantitative estimate of drug-likeness (QED) is 0.545. The van der Waals surface area contributed by atoms with Crippen LogP contribution in [0, 0.1) is 0 Å². The standard InChI is InChI=1S/C12H8N6/c1-4-13-12-16-10(7-18(12)5-1)9-3-2-8-6-14-17-11(8)15-9/h1-7H,(H,14,15,17). The lowest BCUT2D eigenvalue weighted by Gasteiger charge is -1.94. The highest BCUT2D eigenvalue weighted by Crippen LogP contribution is 2.18. The maximum absolute atomic E-state index is 4.48. The third kappa shape index (κ3) is 1.29. The van der Waals surface area contributed by atoms with Crippen LogP contribution in [0.4, 0.5) is 0 Å². The van der Waals surface area contributed by atoms with E-state index in [1.807, 2.05) is 35.0 Å². The van der Waals surface area contributed by atoms with Crippen LogP contribution in [0.25, 0.3) is 28.2 Å². The summed E-state index contributed by atoms with van der Waals surface area (Å²) in [4.78, 5) is 13.1. The molecule has 0 aliphatic carbocycles. The molecule has 1 N–H and O–H groups in total. The molecular weight excluding hydrogens is 228 g/mol. The molecular formula is C12H8N6. The summed E-state index contributed by atoms with van der Waals surface area (Å²) in [5.41, 5.74) is 2.36.